The van der Waals surface area contributed by atoms with E-state index in [0.717, 1.165) is 25.8 Å². The molecule has 0 amide bonds. The lowest BCUT2D eigenvalue weighted by atomic mass is 10.0. The Balaban J connectivity index is 0. The van der Waals surface area contributed by atoms with Gasteiger partial charge in [-0.25, -0.2) is 5.11 Å². The van der Waals surface area contributed by atoms with Crippen molar-refractivity contribution in [1.82, 2.24) is 0 Å². The second kappa shape index (κ2) is 14.4. The van der Waals surface area contributed by atoms with Gasteiger partial charge in [0.1, 0.15) is 0 Å². The first-order valence-electron chi connectivity index (χ1n) is 5.54. The largest absolute Gasteiger partial charge is 0.330 e. The Bertz CT molecular complexity index is 70.5. The Labute approximate surface area is 83.5 Å². The third-order valence-electron chi connectivity index (χ3n) is 2.07. The molecule has 0 aliphatic rings. The lowest BCUT2D eigenvalue weighted by molar-refractivity contribution is 0.135. The Morgan fingerprint density at radius 3 is 1.92 bits per heavy atom. The fourth-order valence-electron chi connectivity index (χ4n) is 0.898. The van der Waals surface area contributed by atoms with Crippen LogP contribution in [0.4, 0.5) is 0 Å². The molecule has 0 aliphatic heterocycles. The molecule has 13 heavy (non-hydrogen) atoms. The molecular formula is C11H26NO. The van der Waals surface area contributed by atoms with Gasteiger partial charge in [0.2, 0.25) is 0 Å². The zero-order valence-corrected chi connectivity index (χ0v) is 9.51. The quantitative estimate of drug-likeness (QED) is 0.684. The maximum atomic E-state index is 10.4. The number of rotatable bonds is 6. The van der Waals surface area contributed by atoms with Gasteiger partial charge < -0.3 is 5.73 Å². The fraction of sp³-hybridized carbons (Fsp3) is 1.00. The molecular weight excluding hydrogens is 162 g/mol. The van der Waals surface area contributed by atoms with Crippen LogP contribution in [-0.4, -0.2) is 13.2 Å². The van der Waals surface area contributed by atoms with Gasteiger partial charge in [-0.1, -0.05) is 40.0 Å². The van der Waals surface area contributed by atoms with Crippen LogP contribution in [0.25, 0.3) is 0 Å². The minimum Gasteiger partial charge on any atom is -0.330 e. The van der Waals surface area contributed by atoms with Crippen molar-refractivity contribution in [1.29, 1.82) is 0 Å². The average molecular weight is 188 g/mol. The van der Waals surface area contributed by atoms with E-state index in [1.165, 1.54) is 12.8 Å². The van der Waals surface area contributed by atoms with Crippen molar-refractivity contribution >= 4 is 0 Å². The molecule has 81 valence electrons. The highest BCUT2D eigenvalue weighted by Crippen LogP contribution is 2.10. The lowest BCUT2D eigenvalue weighted by Gasteiger charge is -2.07. The van der Waals surface area contributed by atoms with Crippen molar-refractivity contribution in [3.8, 4) is 0 Å². The molecule has 1 radical (unpaired) electrons. The van der Waals surface area contributed by atoms with Crippen molar-refractivity contribution in [3.63, 3.8) is 0 Å². The summed E-state index contributed by atoms with van der Waals surface area (Å²) < 4.78 is 0. The average Bonchev–Trinajstić information content (AvgIpc) is 2.20. The minimum absolute atomic E-state index is 0.122. The van der Waals surface area contributed by atoms with Gasteiger partial charge in [0.15, 0.2) is 0 Å². The molecule has 0 aromatic rings. The summed E-state index contributed by atoms with van der Waals surface area (Å²) in [5.74, 6) is 0.449. The van der Waals surface area contributed by atoms with Gasteiger partial charge >= 0.3 is 0 Å². The summed E-state index contributed by atoms with van der Waals surface area (Å²) in [7, 11) is 0. The first-order valence-corrected chi connectivity index (χ1v) is 5.54. The second-order valence-corrected chi connectivity index (χ2v) is 3.37. The molecule has 2 heteroatoms. The Hall–Kier alpha value is -0.0800. The van der Waals surface area contributed by atoms with Crippen LogP contribution in [0.1, 0.15) is 52.9 Å². The number of unbranched alkanes of at least 4 members (excludes halogenated alkanes) is 1. The van der Waals surface area contributed by atoms with Crippen LogP contribution in [0, 0.1) is 5.92 Å². The molecule has 0 aromatic heterocycles. The van der Waals surface area contributed by atoms with Gasteiger partial charge in [-0.3, -0.25) is 0 Å². The molecule has 2 N–H and O–H groups in total. The smallest absolute Gasteiger partial charge is 0.0850 e. The zero-order chi connectivity index (χ0) is 10.5. The highest BCUT2D eigenvalue weighted by molar-refractivity contribution is 4.53. The van der Waals surface area contributed by atoms with Crippen molar-refractivity contribution < 1.29 is 5.11 Å². The summed E-state index contributed by atoms with van der Waals surface area (Å²) in [5.41, 5.74) is 5.03. The predicted molar refractivity (Wildman–Crippen MR) is 58.2 cm³/mol. The van der Waals surface area contributed by atoms with E-state index in [9.17, 15) is 5.11 Å². The van der Waals surface area contributed by atoms with E-state index in [0.29, 0.717) is 5.92 Å². The molecule has 0 bridgehead atoms. The van der Waals surface area contributed by atoms with Crippen LogP contribution < -0.4 is 5.73 Å². The van der Waals surface area contributed by atoms with Gasteiger partial charge in [-0.05, 0) is 25.3 Å². The predicted octanol–water partition coefficient (Wildman–Crippen LogP) is 2.99. The molecule has 1 unspecified atom stereocenters. The monoisotopic (exact) mass is 188 g/mol. The van der Waals surface area contributed by atoms with E-state index in [-0.39, 0.29) is 6.61 Å². The zero-order valence-electron chi connectivity index (χ0n) is 9.51. The molecule has 0 aliphatic carbocycles. The van der Waals surface area contributed by atoms with Crippen molar-refractivity contribution in [3.05, 3.63) is 0 Å². The molecule has 0 saturated heterocycles. The molecule has 0 fully saturated rings. The summed E-state index contributed by atoms with van der Waals surface area (Å²) in [5, 5.41) is 10.4. The molecule has 0 rings (SSSR count). The first-order chi connectivity index (χ1) is 6.26. The minimum atomic E-state index is 0.122. The highest BCUT2D eigenvalue weighted by atomic mass is 16.3. The van der Waals surface area contributed by atoms with E-state index in [1.54, 1.807) is 0 Å². The van der Waals surface area contributed by atoms with E-state index < -0.39 is 0 Å². The van der Waals surface area contributed by atoms with Crippen LogP contribution in [0.3, 0.4) is 0 Å². The van der Waals surface area contributed by atoms with Crippen LogP contribution in [-0.2, 0) is 5.11 Å². The number of hydrogen-bond donors (Lipinski definition) is 1. The van der Waals surface area contributed by atoms with Crippen molar-refractivity contribution in [2.45, 2.75) is 52.9 Å². The van der Waals surface area contributed by atoms with E-state index in [1.807, 2.05) is 0 Å². The molecule has 2 nitrogen and oxygen atoms in total. The number of nitrogens with two attached hydrogens (primary N) is 1. The SMILES string of the molecule is CCCCC(CC)C[O].CCCN. The van der Waals surface area contributed by atoms with Gasteiger partial charge in [-0.15, -0.1) is 0 Å². The molecule has 1 atom stereocenters. The van der Waals surface area contributed by atoms with Crippen LogP contribution in [0.2, 0.25) is 0 Å². The summed E-state index contributed by atoms with van der Waals surface area (Å²) in [6, 6.07) is 0. The van der Waals surface area contributed by atoms with Crippen molar-refractivity contribution in [2.75, 3.05) is 13.2 Å². The third-order valence-corrected chi connectivity index (χ3v) is 2.07. The molecule has 0 aromatic carbocycles. The third kappa shape index (κ3) is 14.7. The Kier molecular flexibility index (Phi) is 17.1. The standard InChI is InChI=1S/C8H17O.C3H9N/c1-3-5-6-8(4-2)7-9;1-2-3-4/h8H,3-7H2,1-2H3;2-4H2,1H3. The summed E-state index contributed by atoms with van der Waals surface area (Å²) in [6.45, 7) is 7.26. The molecule has 0 heterocycles. The van der Waals surface area contributed by atoms with Gasteiger partial charge in [0.05, 0.1) is 6.61 Å². The topological polar surface area (TPSA) is 45.9 Å². The normalized spacial score (nSPS) is 11.8. The van der Waals surface area contributed by atoms with Gasteiger partial charge in [0, 0.05) is 0 Å². The first kappa shape index (κ1) is 15.4. The Morgan fingerprint density at radius 2 is 1.69 bits per heavy atom. The van der Waals surface area contributed by atoms with E-state index in [4.69, 9.17) is 5.73 Å². The molecule has 0 saturated carbocycles. The van der Waals surface area contributed by atoms with Gasteiger partial charge in [-0.2, -0.15) is 0 Å². The molecule has 0 spiro atoms. The van der Waals surface area contributed by atoms with E-state index >= 15 is 0 Å². The lowest BCUT2D eigenvalue weighted by Crippen LogP contribution is -2.02. The summed E-state index contributed by atoms with van der Waals surface area (Å²) >= 11 is 0. The van der Waals surface area contributed by atoms with Crippen molar-refractivity contribution in [2.24, 2.45) is 11.7 Å². The maximum Gasteiger partial charge on any atom is 0.0850 e. The highest BCUT2D eigenvalue weighted by Gasteiger charge is 2.02. The van der Waals surface area contributed by atoms with Crippen LogP contribution >= 0.6 is 0 Å². The second-order valence-electron chi connectivity index (χ2n) is 3.37. The summed E-state index contributed by atoms with van der Waals surface area (Å²) in [6.07, 6.45) is 5.73. The summed E-state index contributed by atoms with van der Waals surface area (Å²) in [4.78, 5) is 0. The van der Waals surface area contributed by atoms with E-state index in [2.05, 4.69) is 20.8 Å². The van der Waals surface area contributed by atoms with Gasteiger partial charge in [0.25, 0.3) is 0 Å². The van der Waals surface area contributed by atoms with Crippen LogP contribution in [0.15, 0.2) is 0 Å². The van der Waals surface area contributed by atoms with Crippen LogP contribution in [0.5, 0.6) is 0 Å². The maximum absolute atomic E-state index is 10.4. The fourth-order valence-corrected chi connectivity index (χ4v) is 0.898. The number of hydrogen-bond acceptors (Lipinski definition) is 1. The Morgan fingerprint density at radius 1 is 1.15 bits per heavy atom.